The smallest absolute Gasteiger partial charge is 0.240 e. The minimum Gasteiger partial charge on any atom is -0.351 e. The Morgan fingerprint density at radius 2 is 2.00 bits per heavy atom. The van der Waals surface area contributed by atoms with Crippen LogP contribution in [-0.2, 0) is 4.79 Å². The van der Waals surface area contributed by atoms with Crippen LogP contribution >= 0.6 is 0 Å². The van der Waals surface area contributed by atoms with Gasteiger partial charge in [-0.1, -0.05) is 33.1 Å². The summed E-state index contributed by atoms with van der Waals surface area (Å²) in [4.78, 5) is 12.6. The maximum Gasteiger partial charge on any atom is 0.240 e. The maximum absolute atomic E-state index is 12.6. The molecule has 1 amide bonds. The number of nitrogens with one attached hydrogen (secondary N) is 2. The van der Waals surface area contributed by atoms with E-state index in [0.29, 0.717) is 12.0 Å². The quantitative estimate of drug-likeness (QED) is 0.803. The second-order valence-electron chi connectivity index (χ2n) is 6.35. The summed E-state index contributed by atoms with van der Waals surface area (Å²) in [5.74, 6) is 0.961. The minimum atomic E-state index is -0.276. The third kappa shape index (κ3) is 3.31. The van der Waals surface area contributed by atoms with Crippen molar-refractivity contribution in [1.29, 1.82) is 0 Å². The van der Waals surface area contributed by atoms with Gasteiger partial charge in [0, 0.05) is 6.04 Å². The van der Waals surface area contributed by atoms with E-state index >= 15 is 0 Å². The molecule has 0 spiro atoms. The zero-order valence-corrected chi connectivity index (χ0v) is 12.6. The third-order valence-corrected chi connectivity index (χ3v) is 5.26. The molecule has 3 nitrogen and oxygen atoms in total. The van der Waals surface area contributed by atoms with Crippen molar-refractivity contribution in [3.8, 4) is 0 Å². The van der Waals surface area contributed by atoms with Gasteiger partial charge < -0.3 is 10.6 Å². The van der Waals surface area contributed by atoms with E-state index in [2.05, 4.69) is 24.5 Å². The monoisotopic (exact) mass is 266 g/mol. The Morgan fingerprint density at radius 1 is 1.26 bits per heavy atom. The Balaban J connectivity index is 1.95. The van der Waals surface area contributed by atoms with Crippen LogP contribution in [-0.4, -0.2) is 24.0 Å². The minimum absolute atomic E-state index is 0.255. The summed E-state index contributed by atoms with van der Waals surface area (Å²) in [6.07, 6.45) is 10.7. The lowest BCUT2D eigenvalue weighted by molar-refractivity contribution is -0.128. The van der Waals surface area contributed by atoms with Crippen LogP contribution in [0.15, 0.2) is 0 Å². The molecule has 2 aliphatic rings. The molecule has 0 aromatic rings. The molecule has 0 aromatic heterocycles. The first kappa shape index (κ1) is 14.8. The number of carbonyl (C=O) groups excluding carboxylic acids is 1. The van der Waals surface area contributed by atoms with Crippen molar-refractivity contribution in [2.75, 3.05) is 6.54 Å². The molecular formula is C16H30N2O. The fourth-order valence-corrected chi connectivity index (χ4v) is 3.86. The predicted octanol–water partition coefficient (Wildman–Crippen LogP) is 2.99. The molecule has 1 heterocycles. The van der Waals surface area contributed by atoms with Crippen LogP contribution in [0.3, 0.4) is 0 Å². The molecule has 110 valence electrons. The van der Waals surface area contributed by atoms with E-state index in [9.17, 15) is 4.79 Å². The molecule has 1 saturated carbocycles. The van der Waals surface area contributed by atoms with E-state index in [-0.39, 0.29) is 11.4 Å². The summed E-state index contributed by atoms with van der Waals surface area (Å²) in [6.45, 7) is 5.32. The van der Waals surface area contributed by atoms with Crippen LogP contribution < -0.4 is 10.6 Å². The van der Waals surface area contributed by atoms with Crippen LogP contribution in [0.5, 0.6) is 0 Å². The molecule has 0 aromatic carbocycles. The number of amides is 1. The van der Waals surface area contributed by atoms with E-state index in [1.807, 2.05) is 0 Å². The molecule has 2 rings (SSSR count). The van der Waals surface area contributed by atoms with Gasteiger partial charge in [-0.2, -0.15) is 0 Å². The summed E-state index contributed by atoms with van der Waals surface area (Å²) in [7, 11) is 0. The van der Waals surface area contributed by atoms with Crippen LogP contribution in [0.25, 0.3) is 0 Å². The highest BCUT2D eigenvalue weighted by Crippen LogP contribution is 2.29. The average Bonchev–Trinajstić information content (AvgIpc) is 2.95. The van der Waals surface area contributed by atoms with Crippen LogP contribution in [0.2, 0.25) is 0 Å². The Labute approximate surface area is 117 Å². The molecule has 2 atom stereocenters. The summed E-state index contributed by atoms with van der Waals surface area (Å²) < 4.78 is 0. The van der Waals surface area contributed by atoms with E-state index in [4.69, 9.17) is 0 Å². The maximum atomic E-state index is 12.6. The Hall–Kier alpha value is -0.570. The highest BCUT2D eigenvalue weighted by Gasteiger charge is 2.40. The summed E-state index contributed by atoms with van der Waals surface area (Å²) >= 11 is 0. The molecule has 3 heteroatoms. The van der Waals surface area contributed by atoms with Gasteiger partial charge in [-0.15, -0.1) is 0 Å². The second-order valence-corrected chi connectivity index (χ2v) is 6.35. The first-order valence-corrected chi connectivity index (χ1v) is 8.28. The zero-order chi connectivity index (χ0) is 13.7. The van der Waals surface area contributed by atoms with Gasteiger partial charge in [-0.25, -0.2) is 0 Å². The van der Waals surface area contributed by atoms with Crippen molar-refractivity contribution < 1.29 is 4.79 Å². The fraction of sp³-hybridized carbons (Fsp3) is 0.938. The molecule has 1 saturated heterocycles. The molecular weight excluding hydrogens is 236 g/mol. The van der Waals surface area contributed by atoms with E-state index in [0.717, 1.165) is 32.2 Å². The topological polar surface area (TPSA) is 41.1 Å². The van der Waals surface area contributed by atoms with Gasteiger partial charge in [0.1, 0.15) is 0 Å². The van der Waals surface area contributed by atoms with Crippen molar-refractivity contribution in [3.05, 3.63) is 0 Å². The Morgan fingerprint density at radius 3 is 2.53 bits per heavy atom. The van der Waals surface area contributed by atoms with Crippen molar-refractivity contribution in [2.24, 2.45) is 5.92 Å². The number of carbonyl (C=O) groups is 1. The van der Waals surface area contributed by atoms with E-state index in [1.54, 1.807) is 0 Å². The van der Waals surface area contributed by atoms with Crippen molar-refractivity contribution in [3.63, 3.8) is 0 Å². The van der Waals surface area contributed by atoms with Gasteiger partial charge >= 0.3 is 0 Å². The molecule has 2 N–H and O–H groups in total. The molecule has 19 heavy (non-hydrogen) atoms. The number of rotatable bonds is 5. The predicted molar refractivity (Wildman–Crippen MR) is 79.1 cm³/mol. The largest absolute Gasteiger partial charge is 0.351 e. The Kier molecular flexibility index (Phi) is 5.26. The highest BCUT2D eigenvalue weighted by molar-refractivity contribution is 5.86. The number of hydrogen-bond donors (Lipinski definition) is 2. The van der Waals surface area contributed by atoms with Gasteiger partial charge in [0.2, 0.25) is 5.91 Å². The van der Waals surface area contributed by atoms with Gasteiger partial charge in [0.15, 0.2) is 0 Å². The SMILES string of the molecule is CCC(NC(=O)C1(CC)CCCN1)C1CCCCC1. The third-order valence-electron chi connectivity index (χ3n) is 5.26. The van der Waals surface area contributed by atoms with Gasteiger partial charge in [-0.05, 0) is 51.0 Å². The second kappa shape index (κ2) is 6.74. The summed E-state index contributed by atoms with van der Waals surface area (Å²) in [6, 6.07) is 0.388. The standard InChI is InChI=1S/C16H30N2O/c1-3-14(13-9-6-5-7-10-13)18-15(19)16(4-2)11-8-12-17-16/h13-14,17H,3-12H2,1-2H3,(H,18,19). The van der Waals surface area contributed by atoms with Crippen LogP contribution in [0, 0.1) is 5.92 Å². The molecule has 0 bridgehead atoms. The van der Waals surface area contributed by atoms with Crippen LogP contribution in [0.1, 0.15) is 71.6 Å². The average molecular weight is 266 g/mol. The van der Waals surface area contributed by atoms with Crippen LogP contribution in [0.4, 0.5) is 0 Å². The van der Waals surface area contributed by atoms with Gasteiger partial charge in [-0.3, -0.25) is 4.79 Å². The zero-order valence-electron chi connectivity index (χ0n) is 12.6. The molecule has 1 aliphatic carbocycles. The normalized spacial score (nSPS) is 30.2. The molecule has 0 radical (unpaired) electrons. The fourth-order valence-electron chi connectivity index (χ4n) is 3.86. The van der Waals surface area contributed by atoms with Crippen molar-refractivity contribution in [2.45, 2.75) is 83.2 Å². The summed E-state index contributed by atoms with van der Waals surface area (Å²) in [5, 5.41) is 6.81. The van der Waals surface area contributed by atoms with Crippen molar-refractivity contribution in [1.82, 2.24) is 10.6 Å². The summed E-state index contributed by atoms with van der Waals surface area (Å²) in [5.41, 5.74) is -0.276. The lowest BCUT2D eigenvalue weighted by atomic mass is 9.82. The highest BCUT2D eigenvalue weighted by atomic mass is 16.2. The van der Waals surface area contributed by atoms with Gasteiger partial charge in [0.25, 0.3) is 0 Å². The molecule has 2 unspecified atom stereocenters. The molecule has 2 fully saturated rings. The molecule has 1 aliphatic heterocycles. The Bertz CT molecular complexity index is 291. The first-order chi connectivity index (χ1) is 9.22. The first-order valence-electron chi connectivity index (χ1n) is 8.28. The van der Waals surface area contributed by atoms with Gasteiger partial charge in [0.05, 0.1) is 5.54 Å². The lowest BCUT2D eigenvalue weighted by Crippen LogP contribution is -2.56. The van der Waals surface area contributed by atoms with Crippen molar-refractivity contribution >= 4 is 5.91 Å². The number of hydrogen-bond acceptors (Lipinski definition) is 2. The van der Waals surface area contributed by atoms with E-state index < -0.39 is 0 Å². The van der Waals surface area contributed by atoms with E-state index in [1.165, 1.54) is 32.1 Å². The lowest BCUT2D eigenvalue weighted by Gasteiger charge is -2.34.